The van der Waals surface area contributed by atoms with Crippen LogP contribution in [-0.4, -0.2) is 31.8 Å². The van der Waals surface area contributed by atoms with Crippen LogP contribution in [0.4, 0.5) is 10.5 Å². The van der Waals surface area contributed by atoms with Crippen LogP contribution in [0, 0.1) is 12.8 Å². The summed E-state index contributed by atoms with van der Waals surface area (Å²) in [5.74, 6) is 0.651. The molecule has 29 heavy (non-hydrogen) atoms. The number of methoxy groups -OCH3 is 1. The second-order valence-corrected chi connectivity index (χ2v) is 8.31. The van der Waals surface area contributed by atoms with E-state index in [0.717, 1.165) is 27.7 Å². The zero-order valence-corrected chi connectivity index (χ0v) is 18.4. The Balaban J connectivity index is 1.79. The molecule has 0 saturated heterocycles. The number of carbonyl (C=O) groups excluding carboxylic acids is 2. The average molecular weight is 461 g/mol. The number of nitrogens with two attached hydrogens (primary N) is 1. The van der Waals surface area contributed by atoms with Crippen LogP contribution in [-0.2, 0) is 22.4 Å². The maximum Gasteiger partial charge on any atom is 0.513 e. The van der Waals surface area contributed by atoms with Crippen molar-refractivity contribution in [2.45, 2.75) is 32.7 Å². The molecular weight excluding hydrogens is 436 g/mol. The molecule has 2 N–H and O–H groups in total. The highest BCUT2D eigenvalue weighted by Gasteiger charge is 2.30. The topological polar surface area (TPSA) is 81.9 Å². The number of ether oxygens (including phenoxy) is 2. The third kappa shape index (κ3) is 4.79. The number of anilines is 1. The quantitative estimate of drug-likeness (QED) is 0.550. The van der Waals surface area contributed by atoms with Gasteiger partial charge in [0.25, 0.3) is 0 Å². The molecule has 1 aliphatic heterocycles. The minimum Gasteiger partial charge on any atom is -0.437 e. The minimum atomic E-state index is -0.784. The SMILES string of the molecule is COC(=O)Oc1cc(C)c(C[C@@H](N)C(=O)N2CC(C)Cc3ccccc32)c(Br)c1. The van der Waals surface area contributed by atoms with Gasteiger partial charge in [0.05, 0.1) is 13.2 Å². The average Bonchev–Trinajstić information content (AvgIpc) is 2.69. The number of rotatable bonds is 4. The zero-order chi connectivity index (χ0) is 21.1. The summed E-state index contributed by atoms with van der Waals surface area (Å²) >= 11 is 3.51. The van der Waals surface area contributed by atoms with Crippen molar-refractivity contribution in [3.05, 3.63) is 57.6 Å². The molecule has 1 unspecified atom stereocenters. The molecule has 1 heterocycles. The fraction of sp³-hybridized carbons (Fsp3) is 0.364. The normalized spacial score (nSPS) is 16.7. The molecule has 3 rings (SSSR count). The first-order valence-corrected chi connectivity index (χ1v) is 10.3. The first-order valence-electron chi connectivity index (χ1n) is 9.49. The van der Waals surface area contributed by atoms with Gasteiger partial charge in [-0.15, -0.1) is 0 Å². The highest BCUT2D eigenvalue weighted by molar-refractivity contribution is 9.10. The largest absolute Gasteiger partial charge is 0.513 e. The lowest BCUT2D eigenvalue weighted by atomic mass is 9.92. The van der Waals surface area contributed by atoms with Crippen LogP contribution < -0.4 is 15.4 Å². The van der Waals surface area contributed by atoms with E-state index in [1.165, 1.54) is 12.7 Å². The molecule has 0 saturated carbocycles. The number of aryl methyl sites for hydroxylation is 1. The van der Waals surface area contributed by atoms with E-state index in [2.05, 4.69) is 33.7 Å². The van der Waals surface area contributed by atoms with E-state index in [4.69, 9.17) is 10.5 Å². The van der Waals surface area contributed by atoms with E-state index in [1.54, 1.807) is 12.1 Å². The van der Waals surface area contributed by atoms with Gasteiger partial charge in [0, 0.05) is 16.7 Å². The standard InChI is InChI=1S/C22H25BrN2O4/c1-13-8-15-6-4-5-7-20(15)25(12-13)21(26)19(24)11-17-14(2)9-16(10-18(17)23)29-22(27)28-3/h4-7,9-10,13,19H,8,11-12,24H2,1-3H3/t13?,19-/m1/s1. The Kier molecular flexibility index (Phi) is 6.59. The van der Waals surface area contributed by atoms with Crippen molar-refractivity contribution in [3.63, 3.8) is 0 Å². The van der Waals surface area contributed by atoms with E-state index < -0.39 is 12.2 Å². The Morgan fingerprint density at radius 3 is 2.72 bits per heavy atom. The maximum atomic E-state index is 13.2. The van der Waals surface area contributed by atoms with Crippen molar-refractivity contribution in [1.82, 2.24) is 0 Å². The number of hydrogen-bond acceptors (Lipinski definition) is 5. The maximum absolute atomic E-state index is 13.2. The van der Waals surface area contributed by atoms with Gasteiger partial charge in [-0.2, -0.15) is 0 Å². The Morgan fingerprint density at radius 2 is 2.03 bits per heavy atom. The summed E-state index contributed by atoms with van der Waals surface area (Å²) in [5, 5.41) is 0. The lowest BCUT2D eigenvalue weighted by molar-refractivity contribution is -0.120. The highest BCUT2D eigenvalue weighted by atomic mass is 79.9. The second-order valence-electron chi connectivity index (χ2n) is 7.45. The van der Waals surface area contributed by atoms with E-state index in [-0.39, 0.29) is 5.91 Å². The van der Waals surface area contributed by atoms with E-state index in [1.807, 2.05) is 30.0 Å². The summed E-state index contributed by atoms with van der Waals surface area (Å²) < 4.78 is 10.3. The molecule has 2 aromatic carbocycles. The van der Waals surface area contributed by atoms with Gasteiger partial charge < -0.3 is 20.1 Å². The number of halogens is 1. The zero-order valence-electron chi connectivity index (χ0n) is 16.8. The monoisotopic (exact) mass is 460 g/mol. The minimum absolute atomic E-state index is 0.0924. The van der Waals surface area contributed by atoms with Gasteiger partial charge in [-0.05, 0) is 60.6 Å². The third-order valence-corrected chi connectivity index (χ3v) is 5.82. The lowest BCUT2D eigenvalue weighted by Crippen LogP contribution is -2.48. The number of para-hydroxylation sites is 1. The molecule has 0 radical (unpaired) electrons. The summed E-state index contributed by atoms with van der Waals surface area (Å²) in [7, 11) is 1.25. The first-order chi connectivity index (χ1) is 13.8. The van der Waals surface area contributed by atoms with Crippen molar-refractivity contribution < 1.29 is 19.1 Å². The molecule has 0 aliphatic carbocycles. The van der Waals surface area contributed by atoms with Crippen molar-refractivity contribution in [2.24, 2.45) is 11.7 Å². The number of benzene rings is 2. The smallest absolute Gasteiger partial charge is 0.437 e. The van der Waals surface area contributed by atoms with Crippen LogP contribution in [0.25, 0.3) is 0 Å². The number of nitrogens with zero attached hydrogens (tertiary/aromatic N) is 1. The van der Waals surface area contributed by atoms with Crippen LogP contribution >= 0.6 is 15.9 Å². The molecule has 0 fully saturated rings. The van der Waals surface area contributed by atoms with Gasteiger partial charge in [-0.25, -0.2) is 4.79 Å². The molecule has 1 amide bonds. The Labute approximate surface area is 179 Å². The van der Waals surface area contributed by atoms with Gasteiger partial charge in [0.15, 0.2) is 0 Å². The molecule has 154 valence electrons. The fourth-order valence-electron chi connectivity index (χ4n) is 3.71. The fourth-order valence-corrected chi connectivity index (χ4v) is 4.41. The van der Waals surface area contributed by atoms with E-state index in [0.29, 0.717) is 24.6 Å². The van der Waals surface area contributed by atoms with E-state index >= 15 is 0 Å². The van der Waals surface area contributed by atoms with Crippen LogP contribution in [0.5, 0.6) is 5.75 Å². The molecule has 0 aromatic heterocycles. The van der Waals surface area contributed by atoms with Gasteiger partial charge in [0.2, 0.25) is 5.91 Å². The first kappa shape index (κ1) is 21.3. The Morgan fingerprint density at radius 1 is 1.31 bits per heavy atom. The molecular formula is C22H25BrN2O4. The number of fused-ring (bicyclic) bond motifs is 1. The highest BCUT2D eigenvalue weighted by Crippen LogP contribution is 2.31. The summed E-state index contributed by atoms with van der Waals surface area (Å²) in [6.45, 7) is 4.69. The number of amides is 1. The predicted molar refractivity (Wildman–Crippen MR) is 115 cm³/mol. The van der Waals surface area contributed by atoms with Gasteiger partial charge in [-0.3, -0.25) is 4.79 Å². The van der Waals surface area contributed by atoms with Crippen LogP contribution in [0.15, 0.2) is 40.9 Å². The third-order valence-electron chi connectivity index (χ3n) is 5.11. The number of carbonyl (C=O) groups is 2. The summed E-state index contributed by atoms with van der Waals surface area (Å²) in [4.78, 5) is 26.3. The lowest BCUT2D eigenvalue weighted by Gasteiger charge is -2.34. The van der Waals surface area contributed by atoms with Gasteiger partial charge in [-0.1, -0.05) is 41.1 Å². The molecule has 0 spiro atoms. The van der Waals surface area contributed by atoms with Crippen molar-refractivity contribution >= 4 is 33.7 Å². The Bertz CT molecular complexity index is 908. The Hall–Kier alpha value is -2.38. The van der Waals surface area contributed by atoms with Gasteiger partial charge >= 0.3 is 6.16 Å². The van der Waals surface area contributed by atoms with Crippen LogP contribution in [0.1, 0.15) is 23.6 Å². The molecule has 2 aromatic rings. The molecule has 1 aliphatic rings. The summed E-state index contributed by atoms with van der Waals surface area (Å²) in [6, 6.07) is 10.7. The molecule has 0 bridgehead atoms. The summed E-state index contributed by atoms with van der Waals surface area (Å²) in [6.07, 6.45) is 0.548. The van der Waals surface area contributed by atoms with Crippen LogP contribution in [0.2, 0.25) is 0 Å². The van der Waals surface area contributed by atoms with Crippen molar-refractivity contribution in [2.75, 3.05) is 18.6 Å². The second kappa shape index (κ2) is 8.97. The van der Waals surface area contributed by atoms with Crippen molar-refractivity contribution in [3.8, 4) is 5.75 Å². The van der Waals surface area contributed by atoms with Gasteiger partial charge in [0.1, 0.15) is 5.75 Å². The van der Waals surface area contributed by atoms with Crippen LogP contribution in [0.3, 0.4) is 0 Å². The molecule has 7 heteroatoms. The predicted octanol–water partition coefficient (Wildman–Crippen LogP) is 4.00. The van der Waals surface area contributed by atoms with E-state index in [9.17, 15) is 9.59 Å². The van der Waals surface area contributed by atoms with Crippen molar-refractivity contribution in [1.29, 1.82) is 0 Å². The summed E-state index contributed by atoms with van der Waals surface area (Å²) in [5.41, 5.74) is 10.2. The molecule has 6 nitrogen and oxygen atoms in total. The molecule has 2 atom stereocenters. The number of hydrogen-bond donors (Lipinski definition) is 1.